The molecule has 2 rings (SSSR count). The molecule has 84 valence electrons. The Kier molecular flexibility index (Phi) is 2.68. The van der Waals surface area contributed by atoms with Crippen molar-refractivity contribution in [3.63, 3.8) is 0 Å². The molecule has 1 aliphatic rings. The van der Waals surface area contributed by atoms with E-state index in [1.807, 2.05) is 0 Å². The number of hydrogen-bond donors (Lipinski definition) is 1. The second kappa shape index (κ2) is 3.84. The summed E-state index contributed by atoms with van der Waals surface area (Å²) in [5.41, 5.74) is -0.283. The van der Waals surface area contributed by atoms with Gasteiger partial charge >= 0.3 is 6.18 Å². The fourth-order valence-electron chi connectivity index (χ4n) is 1.70. The predicted octanol–water partition coefficient (Wildman–Crippen LogP) is 2.32. The number of H-pyrrole nitrogens is 1. The summed E-state index contributed by atoms with van der Waals surface area (Å²) in [5, 5.41) is 5.73. The average molecular weight is 220 g/mol. The molecule has 1 aliphatic heterocycles. The van der Waals surface area contributed by atoms with Crippen molar-refractivity contribution in [3.05, 3.63) is 17.5 Å². The van der Waals surface area contributed by atoms with Crippen LogP contribution >= 0.6 is 0 Å². The van der Waals surface area contributed by atoms with Gasteiger partial charge in [0, 0.05) is 24.8 Å². The summed E-state index contributed by atoms with van der Waals surface area (Å²) >= 11 is 0. The Balaban J connectivity index is 2.12. The number of alkyl halides is 3. The minimum absolute atomic E-state index is 0.113. The molecule has 2 heterocycles. The minimum atomic E-state index is -4.36. The highest BCUT2D eigenvalue weighted by Crippen LogP contribution is 2.31. The van der Waals surface area contributed by atoms with Gasteiger partial charge in [-0.3, -0.25) is 5.10 Å². The van der Waals surface area contributed by atoms with Gasteiger partial charge in [0.25, 0.3) is 0 Å². The second-order valence-electron chi connectivity index (χ2n) is 3.59. The molecule has 0 saturated carbocycles. The number of nitrogens with one attached hydrogen (secondary N) is 1. The van der Waals surface area contributed by atoms with E-state index >= 15 is 0 Å². The van der Waals surface area contributed by atoms with E-state index in [0.717, 1.165) is 18.9 Å². The summed E-state index contributed by atoms with van der Waals surface area (Å²) in [4.78, 5) is 0. The summed E-state index contributed by atoms with van der Waals surface area (Å²) in [5.74, 6) is 0.113. The third-order valence-corrected chi connectivity index (χ3v) is 2.55. The lowest BCUT2D eigenvalue weighted by Crippen LogP contribution is -2.14. The smallest absolute Gasteiger partial charge is 0.381 e. The molecule has 0 amide bonds. The number of halogens is 3. The van der Waals surface area contributed by atoms with Crippen LogP contribution in [0.2, 0.25) is 0 Å². The number of hydrogen-bond acceptors (Lipinski definition) is 2. The normalized spacial score (nSPS) is 19.4. The van der Waals surface area contributed by atoms with Gasteiger partial charge in [-0.05, 0) is 18.9 Å². The molecule has 1 aromatic rings. The highest BCUT2D eigenvalue weighted by atomic mass is 19.4. The molecule has 0 radical (unpaired) electrons. The summed E-state index contributed by atoms with van der Waals surface area (Å²) < 4.78 is 41.9. The number of nitrogens with zero attached hydrogens (tertiary/aromatic N) is 1. The maximum atomic E-state index is 12.3. The summed E-state index contributed by atoms with van der Waals surface area (Å²) in [6.45, 7) is 1.20. The first-order valence-electron chi connectivity index (χ1n) is 4.77. The molecule has 0 unspecified atom stereocenters. The van der Waals surface area contributed by atoms with Crippen molar-refractivity contribution in [2.24, 2.45) is 0 Å². The monoisotopic (exact) mass is 220 g/mol. The third kappa shape index (κ3) is 2.31. The van der Waals surface area contributed by atoms with Gasteiger partial charge in [-0.15, -0.1) is 0 Å². The van der Waals surface area contributed by atoms with Crippen LogP contribution in [-0.2, 0) is 10.9 Å². The molecule has 1 N–H and O–H groups in total. The molecule has 1 fully saturated rings. The van der Waals surface area contributed by atoms with Gasteiger partial charge in [-0.2, -0.15) is 18.3 Å². The first-order chi connectivity index (χ1) is 7.07. The van der Waals surface area contributed by atoms with E-state index in [9.17, 15) is 13.2 Å². The zero-order valence-corrected chi connectivity index (χ0v) is 7.97. The first kappa shape index (κ1) is 10.5. The second-order valence-corrected chi connectivity index (χ2v) is 3.59. The number of rotatable bonds is 1. The Morgan fingerprint density at radius 2 is 2.00 bits per heavy atom. The SMILES string of the molecule is FC(F)(F)c1cc(C2CCOCC2)[nH]n1. The number of ether oxygens (including phenoxy) is 1. The van der Waals surface area contributed by atoms with Crippen LogP contribution in [0.25, 0.3) is 0 Å². The maximum absolute atomic E-state index is 12.3. The van der Waals surface area contributed by atoms with Crippen molar-refractivity contribution in [3.8, 4) is 0 Å². The van der Waals surface area contributed by atoms with E-state index < -0.39 is 11.9 Å². The van der Waals surface area contributed by atoms with E-state index in [0.29, 0.717) is 18.9 Å². The number of aromatic amines is 1. The van der Waals surface area contributed by atoms with Crippen LogP contribution in [-0.4, -0.2) is 23.4 Å². The summed E-state index contributed by atoms with van der Waals surface area (Å²) in [6.07, 6.45) is -2.86. The van der Waals surface area contributed by atoms with Gasteiger partial charge in [0.05, 0.1) is 0 Å². The van der Waals surface area contributed by atoms with Crippen LogP contribution in [0.3, 0.4) is 0 Å². The molecular formula is C9H11F3N2O. The van der Waals surface area contributed by atoms with Crippen LogP contribution < -0.4 is 0 Å². The Morgan fingerprint density at radius 3 is 2.53 bits per heavy atom. The van der Waals surface area contributed by atoms with Crippen molar-refractivity contribution >= 4 is 0 Å². The molecule has 0 spiro atoms. The molecule has 0 bridgehead atoms. The Labute approximate surface area is 84.6 Å². The lowest BCUT2D eigenvalue weighted by molar-refractivity contribution is -0.141. The highest BCUT2D eigenvalue weighted by molar-refractivity contribution is 5.15. The fraction of sp³-hybridized carbons (Fsp3) is 0.667. The van der Waals surface area contributed by atoms with E-state index in [1.165, 1.54) is 0 Å². The maximum Gasteiger partial charge on any atom is 0.435 e. The zero-order chi connectivity index (χ0) is 10.9. The van der Waals surface area contributed by atoms with Crippen molar-refractivity contribution in [2.45, 2.75) is 24.9 Å². The molecular weight excluding hydrogens is 209 g/mol. The third-order valence-electron chi connectivity index (χ3n) is 2.55. The predicted molar refractivity (Wildman–Crippen MR) is 46.4 cm³/mol. The first-order valence-corrected chi connectivity index (χ1v) is 4.77. The molecule has 3 nitrogen and oxygen atoms in total. The van der Waals surface area contributed by atoms with Gasteiger partial charge in [0.2, 0.25) is 0 Å². The largest absolute Gasteiger partial charge is 0.435 e. The topological polar surface area (TPSA) is 37.9 Å². The average Bonchev–Trinajstić information content (AvgIpc) is 2.67. The quantitative estimate of drug-likeness (QED) is 0.788. The molecule has 6 heteroatoms. The molecule has 0 atom stereocenters. The van der Waals surface area contributed by atoms with Crippen LogP contribution in [0.4, 0.5) is 13.2 Å². The van der Waals surface area contributed by atoms with Crippen molar-refractivity contribution in [1.82, 2.24) is 10.2 Å². The zero-order valence-electron chi connectivity index (χ0n) is 7.97. The number of aromatic nitrogens is 2. The van der Waals surface area contributed by atoms with E-state index in [4.69, 9.17) is 4.74 Å². The molecule has 0 aromatic carbocycles. The van der Waals surface area contributed by atoms with Crippen molar-refractivity contribution in [1.29, 1.82) is 0 Å². The Bertz CT molecular complexity index is 328. The van der Waals surface area contributed by atoms with Crippen molar-refractivity contribution in [2.75, 3.05) is 13.2 Å². The van der Waals surface area contributed by atoms with Crippen LogP contribution in [0.15, 0.2) is 6.07 Å². The van der Waals surface area contributed by atoms with Gasteiger partial charge < -0.3 is 4.74 Å². The van der Waals surface area contributed by atoms with Crippen molar-refractivity contribution < 1.29 is 17.9 Å². The van der Waals surface area contributed by atoms with Crippen LogP contribution in [0.1, 0.15) is 30.1 Å². The van der Waals surface area contributed by atoms with Gasteiger partial charge in [0.1, 0.15) is 0 Å². The summed E-state index contributed by atoms with van der Waals surface area (Å²) in [6, 6.07) is 1.09. The molecule has 1 aromatic heterocycles. The Hall–Kier alpha value is -1.04. The lowest BCUT2D eigenvalue weighted by Gasteiger charge is -2.20. The van der Waals surface area contributed by atoms with E-state index in [2.05, 4.69) is 10.2 Å². The summed E-state index contributed by atoms with van der Waals surface area (Å²) in [7, 11) is 0. The molecule has 1 saturated heterocycles. The fourth-order valence-corrected chi connectivity index (χ4v) is 1.70. The van der Waals surface area contributed by atoms with Crippen LogP contribution in [0.5, 0.6) is 0 Å². The molecule has 0 aliphatic carbocycles. The standard InChI is InChI=1S/C9H11F3N2O/c10-9(11,12)8-5-7(13-14-8)6-1-3-15-4-2-6/h5-6H,1-4H2,(H,13,14). The van der Waals surface area contributed by atoms with Gasteiger partial charge in [-0.25, -0.2) is 0 Å². The lowest BCUT2D eigenvalue weighted by atomic mass is 9.96. The van der Waals surface area contributed by atoms with E-state index in [-0.39, 0.29) is 5.92 Å². The van der Waals surface area contributed by atoms with E-state index in [1.54, 1.807) is 0 Å². The van der Waals surface area contributed by atoms with Gasteiger partial charge in [0.15, 0.2) is 5.69 Å². The van der Waals surface area contributed by atoms with Crippen LogP contribution in [0, 0.1) is 0 Å². The molecule has 15 heavy (non-hydrogen) atoms. The van der Waals surface area contributed by atoms with Gasteiger partial charge in [-0.1, -0.05) is 0 Å². The Morgan fingerprint density at radius 1 is 1.33 bits per heavy atom. The highest BCUT2D eigenvalue weighted by Gasteiger charge is 2.34. The minimum Gasteiger partial charge on any atom is -0.381 e.